The molecule has 6 nitrogen and oxygen atoms in total. The van der Waals surface area contributed by atoms with Crippen LogP contribution in [0.3, 0.4) is 0 Å². The van der Waals surface area contributed by atoms with Crippen LogP contribution in [0.5, 0.6) is 5.75 Å². The largest absolute Gasteiger partial charge is 0.508 e. The number of hydrogen-bond acceptors (Lipinski definition) is 5. The summed E-state index contributed by atoms with van der Waals surface area (Å²) >= 11 is 0. The number of likely N-dealkylation sites (tertiary alicyclic amines) is 1. The summed E-state index contributed by atoms with van der Waals surface area (Å²) in [5, 5.41) is 12.8. The van der Waals surface area contributed by atoms with E-state index >= 15 is 0 Å². The first-order valence-corrected chi connectivity index (χ1v) is 12.4. The van der Waals surface area contributed by atoms with E-state index < -0.39 is 0 Å². The zero-order valence-electron chi connectivity index (χ0n) is 21.2. The predicted octanol–water partition coefficient (Wildman–Crippen LogP) is 5.39. The Kier molecular flexibility index (Phi) is 8.06. The fourth-order valence-corrected chi connectivity index (χ4v) is 5.00. The number of benzene rings is 3. The van der Waals surface area contributed by atoms with Crippen LogP contribution < -0.4 is 5.32 Å². The Bertz CT molecular complexity index is 1220. The van der Waals surface area contributed by atoms with E-state index in [0.717, 1.165) is 48.2 Å². The predicted molar refractivity (Wildman–Crippen MR) is 141 cm³/mol. The summed E-state index contributed by atoms with van der Waals surface area (Å²) in [6.45, 7) is 5.73. The van der Waals surface area contributed by atoms with E-state index in [1.165, 1.54) is 12.7 Å². The molecule has 3 aromatic carbocycles. The van der Waals surface area contributed by atoms with E-state index in [1.807, 2.05) is 32.0 Å². The molecule has 4 rings (SSSR count). The Labute approximate surface area is 212 Å². The number of aromatic hydroxyl groups is 1. The zero-order valence-corrected chi connectivity index (χ0v) is 21.2. The van der Waals surface area contributed by atoms with Gasteiger partial charge in [-0.2, -0.15) is 0 Å². The highest BCUT2D eigenvalue weighted by Crippen LogP contribution is 2.29. The molecule has 0 unspecified atom stereocenters. The lowest BCUT2D eigenvalue weighted by Crippen LogP contribution is -2.36. The maximum Gasteiger partial charge on any atom is 0.337 e. The van der Waals surface area contributed by atoms with Gasteiger partial charge in [-0.3, -0.25) is 9.69 Å². The van der Waals surface area contributed by atoms with Gasteiger partial charge < -0.3 is 15.2 Å². The van der Waals surface area contributed by atoms with Gasteiger partial charge in [0, 0.05) is 19.0 Å². The maximum atomic E-state index is 12.9. The molecule has 1 heterocycles. The molecule has 1 aliphatic rings. The number of phenols is 1. The Morgan fingerprint density at radius 2 is 1.89 bits per heavy atom. The van der Waals surface area contributed by atoms with E-state index in [-0.39, 0.29) is 29.7 Å². The molecule has 2 atom stereocenters. The topological polar surface area (TPSA) is 78.9 Å². The number of ether oxygens (including phenoxy) is 1. The van der Waals surface area contributed by atoms with Crippen molar-refractivity contribution in [1.82, 2.24) is 10.2 Å². The van der Waals surface area contributed by atoms with Gasteiger partial charge in [-0.1, -0.05) is 36.4 Å². The summed E-state index contributed by atoms with van der Waals surface area (Å²) in [6.07, 6.45) is 2.55. The molecule has 0 bridgehead atoms. The van der Waals surface area contributed by atoms with E-state index in [9.17, 15) is 14.7 Å². The van der Waals surface area contributed by atoms with E-state index in [4.69, 9.17) is 4.74 Å². The van der Waals surface area contributed by atoms with E-state index in [1.54, 1.807) is 24.3 Å². The van der Waals surface area contributed by atoms with Crippen LogP contribution in [0, 0.1) is 6.92 Å². The number of carbonyl (C=O) groups is 2. The monoisotopic (exact) mass is 486 g/mol. The van der Waals surface area contributed by atoms with Crippen molar-refractivity contribution in [3.63, 3.8) is 0 Å². The maximum absolute atomic E-state index is 12.9. The van der Waals surface area contributed by atoms with Crippen LogP contribution in [-0.4, -0.2) is 41.6 Å². The van der Waals surface area contributed by atoms with Crippen LogP contribution in [0.4, 0.5) is 0 Å². The smallest absolute Gasteiger partial charge is 0.337 e. The quantitative estimate of drug-likeness (QED) is 0.418. The van der Waals surface area contributed by atoms with Crippen molar-refractivity contribution in [2.45, 2.75) is 51.7 Å². The van der Waals surface area contributed by atoms with Gasteiger partial charge in [-0.05, 0) is 91.4 Å². The Morgan fingerprint density at radius 3 is 2.61 bits per heavy atom. The second-order valence-corrected chi connectivity index (χ2v) is 9.57. The van der Waals surface area contributed by atoms with Crippen LogP contribution in [-0.2, 0) is 16.1 Å². The molecular weight excluding hydrogens is 452 g/mol. The van der Waals surface area contributed by atoms with Crippen molar-refractivity contribution in [2.75, 3.05) is 13.7 Å². The average Bonchev–Trinajstić information content (AvgIpc) is 3.29. The molecule has 1 aliphatic heterocycles. The highest BCUT2D eigenvalue weighted by molar-refractivity contribution is 5.89. The normalized spacial score (nSPS) is 16.5. The van der Waals surface area contributed by atoms with E-state index in [0.29, 0.717) is 12.0 Å². The van der Waals surface area contributed by atoms with Crippen LogP contribution in [0.15, 0.2) is 66.7 Å². The standard InChI is InChI=1S/C30H34N2O4/c1-20-16-27(33)13-14-28(20)25-7-4-6-22(17-25)19-32-15-5-8-26(32)18-29(34)31-21(2)23-9-11-24(12-10-23)30(35)36-3/h4,6-7,9-14,16-17,21,26,33H,5,8,15,18-19H2,1-3H3,(H,31,34)/t21-,26+/m0/s1. The number of methoxy groups -OCH3 is 1. The lowest BCUT2D eigenvalue weighted by molar-refractivity contribution is -0.122. The number of hydrogen-bond donors (Lipinski definition) is 2. The number of nitrogens with one attached hydrogen (secondary N) is 1. The van der Waals surface area contributed by atoms with E-state index in [2.05, 4.69) is 34.5 Å². The number of phenolic OH excluding ortho intramolecular Hbond substituents is 1. The molecule has 1 saturated heterocycles. The van der Waals surface area contributed by atoms with Gasteiger partial charge in [0.05, 0.1) is 18.7 Å². The first-order valence-electron chi connectivity index (χ1n) is 12.4. The molecule has 0 radical (unpaired) electrons. The number of esters is 1. The molecule has 0 spiro atoms. The molecule has 188 valence electrons. The van der Waals surface area contributed by atoms with Crippen molar-refractivity contribution >= 4 is 11.9 Å². The summed E-state index contributed by atoms with van der Waals surface area (Å²) in [7, 11) is 1.36. The summed E-state index contributed by atoms with van der Waals surface area (Å²) < 4.78 is 4.74. The number of aryl methyl sites for hydroxylation is 1. The highest BCUT2D eigenvalue weighted by atomic mass is 16.5. The second kappa shape index (κ2) is 11.4. The zero-order chi connectivity index (χ0) is 25.7. The first kappa shape index (κ1) is 25.5. The molecule has 0 aromatic heterocycles. The third-order valence-corrected chi connectivity index (χ3v) is 6.96. The Balaban J connectivity index is 1.36. The van der Waals surface area contributed by atoms with Gasteiger partial charge in [0.25, 0.3) is 0 Å². The summed E-state index contributed by atoms with van der Waals surface area (Å²) in [6, 6.07) is 21.2. The number of amides is 1. The fraction of sp³-hybridized carbons (Fsp3) is 0.333. The summed E-state index contributed by atoms with van der Waals surface area (Å²) in [5.74, 6) is -0.0636. The van der Waals surface area contributed by atoms with Gasteiger partial charge in [0.15, 0.2) is 0 Å². The summed E-state index contributed by atoms with van der Waals surface area (Å²) in [5.41, 5.74) is 5.93. The fourth-order valence-electron chi connectivity index (χ4n) is 5.00. The molecule has 1 amide bonds. The molecule has 2 N–H and O–H groups in total. The van der Waals surface area contributed by atoms with Crippen molar-refractivity contribution in [1.29, 1.82) is 0 Å². The van der Waals surface area contributed by atoms with Crippen molar-refractivity contribution in [3.8, 4) is 16.9 Å². The molecule has 6 heteroatoms. The molecule has 0 saturated carbocycles. The minimum absolute atomic E-state index is 0.0323. The SMILES string of the molecule is COC(=O)c1ccc([C@H](C)NC(=O)C[C@H]2CCCN2Cc2cccc(-c3ccc(O)cc3C)c2)cc1. The average molecular weight is 487 g/mol. The Morgan fingerprint density at radius 1 is 1.11 bits per heavy atom. The molecule has 3 aromatic rings. The van der Waals surface area contributed by atoms with Crippen LogP contribution in [0.1, 0.15) is 59.3 Å². The van der Waals surface area contributed by atoms with Gasteiger partial charge in [0.2, 0.25) is 5.91 Å². The van der Waals surface area contributed by atoms with Gasteiger partial charge in [0.1, 0.15) is 5.75 Å². The van der Waals surface area contributed by atoms with Crippen LogP contribution >= 0.6 is 0 Å². The van der Waals surface area contributed by atoms with Gasteiger partial charge in [-0.15, -0.1) is 0 Å². The molecule has 1 fully saturated rings. The number of carbonyl (C=O) groups excluding carboxylic acids is 2. The highest BCUT2D eigenvalue weighted by Gasteiger charge is 2.27. The van der Waals surface area contributed by atoms with Crippen molar-refractivity contribution < 1.29 is 19.4 Å². The lowest BCUT2D eigenvalue weighted by Gasteiger charge is -2.25. The lowest BCUT2D eigenvalue weighted by atomic mass is 9.98. The molecule has 36 heavy (non-hydrogen) atoms. The Hall–Kier alpha value is -3.64. The van der Waals surface area contributed by atoms with Gasteiger partial charge in [-0.25, -0.2) is 4.79 Å². The third-order valence-electron chi connectivity index (χ3n) is 6.96. The minimum atomic E-state index is -0.372. The van der Waals surface area contributed by atoms with Crippen molar-refractivity contribution in [2.24, 2.45) is 0 Å². The first-order chi connectivity index (χ1) is 17.3. The second-order valence-electron chi connectivity index (χ2n) is 9.57. The summed E-state index contributed by atoms with van der Waals surface area (Å²) in [4.78, 5) is 26.9. The van der Waals surface area contributed by atoms with Crippen LogP contribution in [0.2, 0.25) is 0 Å². The minimum Gasteiger partial charge on any atom is -0.508 e. The van der Waals surface area contributed by atoms with Gasteiger partial charge >= 0.3 is 5.97 Å². The van der Waals surface area contributed by atoms with Crippen LogP contribution in [0.25, 0.3) is 11.1 Å². The molecule has 0 aliphatic carbocycles. The number of rotatable bonds is 8. The molecular formula is C30H34N2O4. The third kappa shape index (κ3) is 6.13. The van der Waals surface area contributed by atoms with Crippen molar-refractivity contribution in [3.05, 3.63) is 89.0 Å². The number of nitrogens with zero attached hydrogens (tertiary/aromatic N) is 1.